The predicted octanol–water partition coefficient (Wildman–Crippen LogP) is 1.65. The first-order valence-electron chi connectivity index (χ1n) is 19.2. The normalized spacial score (nSPS) is 54.3. The van der Waals surface area contributed by atoms with Gasteiger partial charge in [0.15, 0.2) is 11.4 Å². The molecule has 298 valence electrons. The number of Topliss-reactive ketones (excluding diaryl/α,β-unsaturated/α-hetero) is 1. The number of aliphatic hydroxyl groups is 2. The number of carbonyl (C=O) groups excluding carboxylic acids is 6. The van der Waals surface area contributed by atoms with E-state index in [1.807, 2.05) is 27.7 Å². The highest BCUT2D eigenvalue weighted by atomic mass is 16.8. The molecule has 3 heterocycles. The Morgan fingerprint density at radius 3 is 2.02 bits per heavy atom. The minimum Gasteiger partial charge on any atom is -0.462 e. The molecule has 15 nitrogen and oxygen atoms in total. The number of aliphatic hydroxyl groups excluding tert-OH is 1. The number of carbonyl (C=O) groups is 6. The maximum atomic E-state index is 14.7. The van der Waals surface area contributed by atoms with Crippen molar-refractivity contribution in [3.63, 3.8) is 0 Å². The zero-order chi connectivity index (χ0) is 39.6. The third kappa shape index (κ3) is 4.43. The third-order valence-corrected chi connectivity index (χ3v) is 15.5. The fraction of sp³-hybridized carbons (Fsp3) is 0.846. The Bertz CT molecular complexity index is 1720. The first kappa shape index (κ1) is 37.8. The van der Waals surface area contributed by atoms with Gasteiger partial charge in [0, 0.05) is 67.6 Å². The fourth-order valence-corrected chi connectivity index (χ4v) is 13.5. The van der Waals surface area contributed by atoms with Crippen molar-refractivity contribution in [1.29, 1.82) is 0 Å². The van der Waals surface area contributed by atoms with Gasteiger partial charge in [0.05, 0.1) is 11.5 Å². The SMILES string of the molecule is CC(=O)O[C@H]1[C@H]2[C@H]([C@@H]3[C@@H](OC(=O)CC(C)C)[C@@H]4[C@H]([C@H](C)[C@H]5O[C@]56OC(=O)[C@@](C)(O)[C@]46C)[C@@]3(C)[C@H]1OC(C)=O)[C@@H](O)C(=O)[C@H]1C[C@@H]3O[C@@H]3[C@H](OC(C)=O)[C@]21C. The first-order chi connectivity index (χ1) is 25.0. The lowest BCUT2D eigenvalue weighted by Crippen LogP contribution is -2.74. The summed E-state index contributed by atoms with van der Waals surface area (Å²) in [5, 5.41) is 24.7. The van der Waals surface area contributed by atoms with Gasteiger partial charge < -0.3 is 43.4 Å². The Hall–Kier alpha value is -3.14. The molecule has 5 aliphatic carbocycles. The lowest BCUT2D eigenvalue weighted by molar-refractivity contribution is -0.273. The van der Waals surface area contributed by atoms with E-state index in [4.69, 9.17) is 33.2 Å². The molecule has 0 amide bonds. The van der Waals surface area contributed by atoms with Crippen molar-refractivity contribution in [3.8, 4) is 0 Å². The Morgan fingerprint density at radius 1 is 0.833 bits per heavy atom. The van der Waals surface area contributed by atoms with Gasteiger partial charge in [-0.1, -0.05) is 34.6 Å². The number of ether oxygens (including phenoxy) is 7. The van der Waals surface area contributed by atoms with Crippen LogP contribution in [-0.2, 0) is 61.9 Å². The number of esters is 5. The van der Waals surface area contributed by atoms with E-state index in [0.717, 1.165) is 0 Å². The lowest BCUT2D eigenvalue weighted by atomic mass is 9.41. The molecule has 3 aliphatic heterocycles. The van der Waals surface area contributed by atoms with E-state index in [1.165, 1.54) is 27.7 Å². The van der Waals surface area contributed by atoms with Crippen LogP contribution in [0.5, 0.6) is 0 Å². The van der Waals surface area contributed by atoms with Crippen LogP contribution in [0.15, 0.2) is 0 Å². The highest BCUT2D eigenvalue weighted by molar-refractivity contribution is 5.88. The summed E-state index contributed by atoms with van der Waals surface area (Å²) in [4.78, 5) is 81.6. The molecule has 5 saturated carbocycles. The van der Waals surface area contributed by atoms with Gasteiger partial charge in [-0.3, -0.25) is 24.0 Å². The summed E-state index contributed by atoms with van der Waals surface area (Å²) in [5.74, 6) is -12.0. The second-order valence-electron chi connectivity index (χ2n) is 18.6. The van der Waals surface area contributed by atoms with E-state index in [2.05, 4.69) is 0 Å². The summed E-state index contributed by atoms with van der Waals surface area (Å²) in [6, 6.07) is 0. The van der Waals surface area contributed by atoms with Crippen molar-refractivity contribution in [1.82, 2.24) is 0 Å². The van der Waals surface area contributed by atoms with Gasteiger partial charge in [0.25, 0.3) is 0 Å². The van der Waals surface area contributed by atoms with Crippen LogP contribution in [0.1, 0.15) is 82.1 Å². The quantitative estimate of drug-likeness (QED) is 0.224. The summed E-state index contributed by atoms with van der Waals surface area (Å²) < 4.78 is 43.3. The van der Waals surface area contributed by atoms with Gasteiger partial charge >= 0.3 is 29.8 Å². The van der Waals surface area contributed by atoms with Crippen molar-refractivity contribution < 1.29 is 72.1 Å². The Balaban J connectivity index is 1.42. The van der Waals surface area contributed by atoms with Crippen LogP contribution in [0.25, 0.3) is 0 Å². The van der Waals surface area contributed by atoms with E-state index in [-0.39, 0.29) is 18.8 Å². The van der Waals surface area contributed by atoms with Gasteiger partial charge in [-0.05, 0) is 38.0 Å². The Morgan fingerprint density at radius 2 is 1.43 bits per heavy atom. The number of ketones is 1. The molecule has 0 bridgehead atoms. The van der Waals surface area contributed by atoms with Crippen molar-refractivity contribution in [2.45, 2.75) is 142 Å². The fourth-order valence-electron chi connectivity index (χ4n) is 13.5. The van der Waals surface area contributed by atoms with Crippen LogP contribution in [0, 0.1) is 63.6 Å². The van der Waals surface area contributed by atoms with Crippen LogP contribution >= 0.6 is 0 Å². The standard InChI is InChI=1S/C39H52O15/c1-13(2)11-20(43)52-29-23-21-24(35(7)18(26(44)27(21)45)12-19-28(51-19)32(35)49-16(5)41)30(48-15(4)40)33(50-17(6)42)36(23,8)22-14(3)31-39(53-31)37(9,25(22)29)38(10,47)34(46)54-39/h13-14,18-19,21-25,27-33,45,47H,11-12H2,1-10H3/t14-,18+,19-,21-,22-,23+,24+,25-,27+,28-,29+,30-,31+,32-,33-,35-,36+,37-,38+,39-/m0/s1. The third-order valence-electron chi connectivity index (χ3n) is 15.5. The van der Waals surface area contributed by atoms with E-state index in [9.17, 15) is 39.0 Å². The summed E-state index contributed by atoms with van der Waals surface area (Å²) in [6.07, 6.45) is -8.00. The summed E-state index contributed by atoms with van der Waals surface area (Å²) in [5.41, 5.74) is -6.43. The maximum absolute atomic E-state index is 14.7. The number of hydrogen-bond acceptors (Lipinski definition) is 15. The summed E-state index contributed by atoms with van der Waals surface area (Å²) in [7, 11) is 0. The van der Waals surface area contributed by atoms with Crippen molar-refractivity contribution in [2.75, 3.05) is 0 Å². The monoisotopic (exact) mass is 760 g/mol. The molecule has 1 spiro atoms. The molecular weight excluding hydrogens is 708 g/mol. The van der Waals surface area contributed by atoms with Crippen LogP contribution in [-0.4, -0.2) is 106 Å². The highest BCUT2D eigenvalue weighted by Gasteiger charge is 2.93. The average Bonchev–Trinajstić information content (AvgIpc) is 3.95. The maximum Gasteiger partial charge on any atom is 0.341 e. The lowest BCUT2D eigenvalue weighted by Gasteiger charge is -2.65. The molecule has 20 atom stereocenters. The molecule has 8 aliphatic rings. The molecule has 0 aromatic heterocycles. The molecule has 3 saturated heterocycles. The van der Waals surface area contributed by atoms with E-state index in [0.29, 0.717) is 0 Å². The molecule has 54 heavy (non-hydrogen) atoms. The van der Waals surface area contributed by atoms with E-state index >= 15 is 0 Å². The second-order valence-corrected chi connectivity index (χ2v) is 18.6. The summed E-state index contributed by atoms with van der Waals surface area (Å²) in [6.45, 7) is 15.9. The van der Waals surface area contributed by atoms with Crippen LogP contribution in [0.2, 0.25) is 0 Å². The van der Waals surface area contributed by atoms with Gasteiger partial charge in [-0.25, -0.2) is 4.79 Å². The first-order valence-corrected chi connectivity index (χ1v) is 19.2. The topological polar surface area (TPSA) is 214 Å². The molecule has 0 aromatic rings. The average molecular weight is 761 g/mol. The molecule has 8 rings (SSSR count). The van der Waals surface area contributed by atoms with Crippen LogP contribution in [0.4, 0.5) is 0 Å². The van der Waals surface area contributed by atoms with Gasteiger partial charge in [0.2, 0.25) is 5.79 Å². The van der Waals surface area contributed by atoms with Crippen molar-refractivity contribution in [2.24, 2.45) is 63.6 Å². The molecule has 0 unspecified atom stereocenters. The van der Waals surface area contributed by atoms with E-state index < -0.39 is 154 Å². The molecule has 0 radical (unpaired) electrons. The molecule has 2 N–H and O–H groups in total. The minimum absolute atomic E-state index is 0.00737. The number of hydrogen-bond donors (Lipinski definition) is 2. The smallest absolute Gasteiger partial charge is 0.341 e. The Kier molecular flexibility index (Phi) is 8.02. The van der Waals surface area contributed by atoms with Gasteiger partial charge in [0.1, 0.15) is 42.7 Å². The second kappa shape index (κ2) is 11.5. The van der Waals surface area contributed by atoms with Crippen molar-refractivity contribution in [3.05, 3.63) is 0 Å². The highest BCUT2D eigenvalue weighted by Crippen LogP contribution is 2.81. The number of rotatable bonds is 6. The largest absolute Gasteiger partial charge is 0.462 e. The minimum atomic E-state index is -2.16. The molecule has 0 aromatic carbocycles. The van der Waals surface area contributed by atoms with E-state index in [1.54, 1.807) is 13.8 Å². The van der Waals surface area contributed by atoms with Crippen LogP contribution < -0.4 is 0 Å². The van der Waals surface area contributed by atoms with Gasteiger partial charge in [-0.2, -0.15) is 0 Å². The molecule has 15 heteroatoms. The number of epoxide rings is 2. The van der Waals surface area contributed by atoms with Crippen molar-refractivity contribution >= 4 is 35.6 Å². The van der Waals surface area contributed by atoms with Gasteiger partial charge in [-0.15, -0.1) is 0 Å². The zero-order valence-corrected chi connectivity index (χ0v) is 32.4. The predicted molar refractivity (Wildman–Crippen MR) is 179 cm³/mol. The molecular formula is C39H52O15. The van der Waals surface area contributed by atoms with Crippen LogP contribution in [0.3, 0.4) is 0 Å². The zero-order valence-electron chi connectivity index (χ0n) is 32.4. The Labute approximate surface area is 313 Å². The summed E-state index contributed by atoms with van der Waals surface area (Å²) >= 11 is 0. The molecule has 8 fully saturated rings. The number of fused-ring (bicyclic) bond motifs is 9.